The minimum Gasteiger partial charge on any atom is -0.387 e. The van der Waals surface area contributed by atoms with E-state index in [0.29, 0.717) is 32.7 Å². The van der Waals surface area contributed by atoms with Crippen LogP contribution in [0.5, 0.6) is 0 Å². The third-order valence-corrected chi connectivity index (χ3v) is 3.17. The minimum atomic E-state index is -3.56. The lowest BCUT2D eigenvalue weighted by Gasteiger charge is -2.32. The molecular formula is C6H15N5O2S. The molecule has 0 saturated carbocycles. The summed E-state index contributed by atoms with van der Waals surface area (Å²) >= 11 is 0. The molecule has 1 heterocycles. The summed E-state index contributed by atoms with van der Waals surface area (Å²) < 4.78 is 23.1. The molecule has 0 aromatic carbocycles. The van der Waals surface area contributed by atoms with E-state index >= 15 is 0 Å². The van der Waals surface area contributed by atoms with Gasteiger partial charge in [0.2, 0.25) is 0 Å². The molecule has 0 radical (unpaired) electrons. The number of hydrogen-bond donors (Lipinski definition) is 3. The van der Waals surface area contributed by atoms with Crippen molar-refractivity contribution >= 4 is 16.0 Å². The van der Waals surface area contributed by atoms with Crippen LogP contribution in [0.15, 0.2) is 0 Å². The molecule has 0 aliphatic carbocycles. The van der Waals surface area contributed by atoms with E-state index in [1.807, 2.05) is 4.90 Å². The summed E-state index contributed by atoms with van der Waals surface area (Å²) in [5, 5.41) is 12.1. The molecule has 1 aliphatic heterocycles. The van der Waals surface area contributed by atoms with Gasteiger partial charge in [-0.2, -0.15) is 12.7 Å². The van der Waals surface area contributed by atoms with Crippen LogP contribution in [0.4, 0.5) is 0 Å². The fourth-order valence-corrected chi connectivity index (χ4v) is 2.06. The Morgan fingerprint density at radius 1 is 1.29 bits per heavy atom. The molecule has 0 atom stereocenters. The van der Waals surface area contributed by atoms with E-state index in [1.165, 1.54) is 4.31 Å². The van der Waals surface area contributed by atoms with Gasteiger partial charge in [-0.3, -0.25) is 10.3 Å². The van der Waals surface area contributed by atoms with Crippen LogP contribution in [0.25, 0.3) is 0 Å². The van der Waals surface area contributed by atoms with Crippen LogP contribution in [0.1, 0.15) is 0 Å². The van der Waals surface area contributed by atoms with Crippen molar-refractivity contribution in [2.45, 2.75) is 0 Å². The lowest BCUT2D eigenvalue weighted by Crippen LogP contribution is -2.52. The van der Waals surface area contributed by atoms with Crippen LogP contribution in [0.2, 0.25) is 0 Å². The summed E-state index contributed by atoms with van der Waals surface area (Å²) in [6.07, 6.45) is 0. The van der Waals surface area contributed by atoms with Crippen molar-refractivity contribution < 1.29 is 8.42 Å². The fraction of sp³-hybridized carbons (Fsp3) is 0.833. The number of nitrogens with two attached hydrogens (primary N) is 2. The van der Waals surface area contributed by atoms with Crippen molar-refractivity contribution in [3.63, 3.8) is 0 Å². The molecule has 7 nitrogen and oxygen atoms in total. The molecule has 1 rings (SSSR count). The molecule has 1 saturated heterocycles. The molecular weight excluding hydrogens is 206 g/mol. The Balaban J connectivity index is 2.43. The Labute approximate surface area is 83.3 Å². The van der Waals surface area contributed by atoms with Crippen molar-refractivity contribution in [3.05, 3.63) is 0 Å². The Morgan fingerprint density at radius 3 is 2.14 bits per heavy atom. The maximum Gasteiger partial charge on any atom is 0.276 e. The van der Waals surface area contributed by atoms with E-state index in [2.05, 4.69) is 0 Å². The van der Waals surface area contributed by atoms with Gasteiger partial charge in [-0.1, -0.05) is 0 Å². The Bertz CT molecular complexity index is 306. The SMILES string of the molecule is N=C(N)CN1CCN(S(N)(=O)=O)CC1. The molecule has 14 heavy (non-hydrogen) atoms. The summed E-state index contributed by atoms with van der Waals surface area (Å²) in [7, 11) is -3.56. The average molecular weight is 221 g/mol. The molecule has 1 fully saturated rings. The lowest BCUT2D eigenvalue weighted by molar-refractivity contribution is 0.209. The van der Waals surface area contributed by atoms with Gasteiger partial charge in [0.05, 0.1) is 6.54 Å². The number of piperazine rings is 1. The van der Waals surface area contributed by atoms with Gasteiger partial charge in [-0.05, 0) is 0 Å². The predicted octanol–water partition coefficient (Wildman–Crippen LogP) is -2.26. The van der Waals surface area contributed by atoms with Crippen molar-refractivity contribution in [1.82, 2.24) is 9.21 Å². The normalized spacial score (nSPS) is 20.9. The molecule has 0 bridgehead atoms. The summed E-state index contributed by atoms with van der Waals surface area (Å²) in [5.41, 5.74) is 5.23. The minimum absolute atomic E-state index is 0.0917. The van der Waals surface area contributed by atoms with Crippen LogP contribution in [0.3, 0.4) is 0 Å². The number of nitrogens with zero attached hydrogens (tertiary/aromatic N) is 2. The Kier molecular flexibility index (Phi) is 3.43. The van der Waals surface area contributed by atoms with Gasteiger partial charge in [0.15, 0.2) is 0 Å². The Hall–Kier alpha value is -0.700. The molecule has 8 heteroatoms. The van der Waals surface area contributed by atoms with Crippen molar-refractivity contribution in [1.29, 1.82) is 5.41 Å². The van der Waals surface area contributed by atoms with Gasteiger partial charge in [0, 0.05) is 26.2 Å². The maximum atomic E-state index is 10.9. The van der Waals surface area contributed by atoms with Gasteiger partial charge in [-0.25, -0.2) is 5.14 Å². The zero-order valence-electron chi connectivity index (χ0n) is 7.81. The van der Waals surface area contributed by atoms with E-state index in [-0.39, 0.29) is 5.84 Å². The third-order valence-electron chi connectivity index (χ3n) is 2.09. The van der Waals surface area contributed by atoms with Gasteiger partial charge in [0.25, 0.3) is 10.2 Å². The molecule has 0 unspecified atom stereocenters. The summed E-state index contributed by atoms with van der Waals surface area (Å²) in [6.45, 7) is 2.25. The third kappa shape index (κ3) is 3.22. The smallest absolute Gasteiger partial charge is 0.276 e. The molecule has 5 N–H and O–H groups in total. The van der Waals surface area contributed by atoms with Crippen LogP contribution in [-0.4, -0.2) is 56.2 Å². The zero-order valence-corrected chi connectivity index (χ0v) is 8.63. The maximum absolute atomic E-state index is 10.9. The number of amidine groups is 1. The molecule has 0 amide bonds. The van der Waals surface area contributed by atoms with E-state index in [1.54, 1.807) is 0 Å². The number of nitrogens with one attached hydrogen (secondary N) is 1. The number of rotatable bonds is 3. The standard InChI is InChI=1S/C6H15N5O2S/c7-6(8)5-10-1-3-11(4-2-10)14(9,12)13/h1-5H2,(H3,7,8)(H2,9,12,13). The highest BCUT2D eigenvalue weighted by Gasteiger charge is 2.23. The molecule has 0 spiro atoms. The molecule has 82 valence electrons. The monoisotopic (exact) mass is 221 g/mol. The van der Waals surface area contributed by atoms with Crippen LogP contribution in [0, 0.1) is 5.41 Å². The summed E-state index contributed by atoms with van der Waals surface area (Å²) in [4.78, 5) is 1.92. The second-order valence-electron chi connectivity index (χ2n) is 3.25. The van der Waals surface area contributed by atoms with Crippen molar-refractivity contribution in [3.8, 4) is 0 Å². The van der Waals surface area contributed by atoms with Gasteiger partial charge < -0.3 is 5.73 Å². The van der Waals surface area contributed by atoms with E-state index in [0.717, 1.165) is 0 Å². The molecule has 1 aliphatic rings. The lowest BCUT2D eigenvalue weighted by atomic mass is 10.3. The first-order valence-corrected chi connectivity index (χ1v) is 5.73. The first-order chi connectivity index (χ1) is 6.39. The second kappa shape index (κ2) is 4.22. The zero-order chi connectivity index (χ0) is 10.8. The van der Waals surface area contributed by atoms with Gasteiger partial charge in [0.1, 0.15) is 5.84 Å². The van der Waals surface area contributed by atoms with Crippen molar-refractivity contribution in [2.75, 3.05) is 32.7 Å². The van der Waals surface area contributed by atoms with E-state index in [9.17, 15) is 8.42 Å². The van der Waals surface area contributed by atoms with Crippen LogP contribution < -0.4 is 10.9 Å². The van der Waals surface area contributed by atoms with Crippen LogP contribution in [-0.2, 0) is 10.2 Å². The largest absolute Gasteiger partial charge is 0.387 e. The topological polar surface area (TPSA) is 117 Å². The van der Waals surface area contributed by atoms with E-state index in [4.69, 9.17) is 16.3 Å². The predicted molar refractivity (Wildman–Crippen MR) is 53.0 cm³/mol. The first-order valence-electron chi connectivity index (χ1n) is 4.22. The van der Waals surface area contributed by atoms with Crippen molar-refractivity contribution in [2.24, 2.45) is 10.9 Å². The van der Waals surface area contributed by atoms with E-state index < -0.39 is 10.2 Å². The first kappa shape index (κ1) is 11.4. The van der Waals surface area contributed by atoms with Crippen LogP contribution >= 0.6 is 0 Å². The fourth-order valence-electron chi connectivity index (χ4n) is 1.38. The highest BCUT2D eigenvalue weighted by Crippen LogP contribution is 2.03. The quantitative estimate of drug-likeness (QED) is 0.368. The second-order valence-corrected chi connectivity index (χ2v) is 4.79. The van der Waals surface area contributed by atoms with Gasteiger partial charge >= 0.3 is 0 Å². The number of hydrogen-bond acceptors (Lipinski definition) is 4. The average Bonchev–Trinajstić information content (AvgIpc) is 2.02. The molecule has 0 aromatic heterocycles. The highest BCUT2D eigenvalue weighted by molar-refractivity contribution is 7.86. The molecule has 0 aromatic rings. The highest BCUT2D eigenvalue weighted by atomic mass is 32.2. The Morgan fingerprint density at radius 2 is 1.79 bits per heavy atom. The summed E-state index contributed by atoms with van der Waals surface area (Å²) in [6, 6.07) is 0. The summed E-state index contributed by atoms with van der Waals surface area (Å²) in [5.74, 6) is 0.0917. The van der Waals surface area contributed by atoms with Gasteiger partial charge in [-0.15, -0.1) is 0 Å².